The predicted molar refractivity (Wildman–Crippen MR) is 85.9 cm³/mol. The molecule has 1 amide bonds. The number of amides is 1. The summed E-state index contributed by atoms with van der Waals surface area (Å²) in [6.07, 6.45) is -4.46. The van der Waals surface area contributed by atoms with Crippen LogP contribution in [0.15, 0.2) is 24.3 Å². The van der Waals surface area contributed by atoms with Gasteiger partial charge in [-0.15, -0.1) is 0 Å². The normalized spacial score (nSPS) is 28.4. The van der Waals surface area contributed by atoms with Gasteiger partial charge in [0.25, 0.3) is 5.91 Å². The molecule has 0 aromatic heterocycles. The fourth-order valence-corrected chi connectivity index (χ4v) is 6.19. The summed E-state index contributed by atoms with van der Waals surface area (Å²) >= 11 is 0. The van der Waals surface area contributed by atoms with Gasteiger partial charge in [0.05, 0.1) is 16.6 Å². The quantitative estimate of drug-likeness (QED) is 0.785. The van der Waals surface area contributed by atoms with Crippen LogP contribution in [-0.2, 0) is 16.0 Å². The molecule has 0 radical (unpaired) electrons. The Hall–Kier alpha value is -1.61. The van der Waals surface area contributed by atoms with Gasteiger partial charge in [-0.05, 0) is 38.4 Å². The number of likely N-dealkylation sites (tertiary alicyclic amines) is 1. The van der Waals surface area contributed by atoms with Crippen LogP contribution < -0.4 is 0 Å². The molecule has 0 bridgehead atoms. The Morgan fingerprint density at radius 3 is 2.28 bits per heavy atom. The molecule has 2 heterocycles. The van der Waals surface area contributed by atoms with Crippen LogP contribution in [-0.4, -0.2) is 68.4 Å². The molecule has 0 spiro atoms. The molecule has 0 N–H and O–H groups in total. The number of hydrogen-bond donors (Lipinski definition) is 0. The number of nitrogens with zero attached hydrogens (tertiary/aromatic N) is 2. The molecule has 9 heteroatoms. The Labute approximate surface area is 144 Å². The number of rotatable bonds is 2. The van der Waals surface area contributed by atoms with Crippen LogP contribution in [0.1, 0.15) is 15.9 Å². The molecule has 0 saturated carbocycles. The van der Waals surface area contributed by atoms with E-state index < -0.39 is 32.7 Å². The Morgan fingerprint density at radius 2 is 1.76 bits per heavy atom. The van der Waals surface area contributed by atoms with Gasteiger partial charge < -0.3 is 9.80 Å². The molecule has 25 heavy (non-hydrogen) atoms. The molecule has 2 saturated heterocycles. The van der Waals surface area contributed by atoms with Crippen LogP contribution in [0.3, 0.4) is 0 Å². The standard InChI is InChI=1S/C16H19F3N2O3S/c1-20(2)13-9-25(23,24)14-8-21(7-12(13)14)15(22)10-3-5-11(6-4-10)16(17,18)19/h3-6,12-14H,7-9H2,1-2H3/t12-,13+,14-/m0/s1. The van der Waals surface area contributed by atoms with Crippen molar-refractivity contribution in [1.82, 2.24) is 9.80 Å². The van der Waals surface area contributed by atoms with E-state index in [1.54, 1.807) is 0 Å². The van der Waals surface area contributed by atoms with Crippen LogP contribution in [0, 0.1) is 5.92 Å². The Kier molecular flexibility index (Phi) is 4.35. The maximum absolute atomic E-state index is 12.6. The van der Waals surface area contributed by atoms with Crippen LogP contribution in [0.4, 0.5) is 13.2 Å². The highest BCUT2D eigenvalue weighted by Crippen LogP contribution is 2.36. The van der Waals surface area contributed by atoms with Gasteiger partial charge in [0.2, 0.25) is 0 Å². The molecule has 1 aromatic rings. The van der Waals surface area contributed by atoms with Crippen molar-refractivity contribution < 1.29 is 26.4 Å². The topological polar surface area (TPSA) is 57.7 Å². The Balaban J connectivity index is 1.79. The molecule has 3 atom stereocenters. The average Bonchev–Trinajstić information content (AvgIpc) is 3.05. The molecule has 2 aliphatic rings. The van der Waals surface area contributed by atoms with Crippen molar-refractivity contribution in [2.45, 2.75) is 17.5 Å². The van der Waals surface area contributed by atoms with Gasteiger partial charge >= 0.3 is 6.18 Å². The fourth-order valence-electron chi connectivity index (χ4n) is 3.72. The van der Waals surface area contributed by atoms with Crippen molar-refractivity contribution in [3.05, 3.63) is 35.4 Å². The van der Waals surface area contributed by atoms with E-state index in [9.17, 15) is 26.4 Å². The minimum absolute atomic E-state index is 0.0810. The SMILES string of the molecule is CN(C)[C@@H]1CS(=O)(=O)[C@H]2CN(C(=O)c3ccc(C(F)(F)F)cc3)C[C@@H]12. The van der Waals surface area contributed by atoms with Crippen LogP contribution in [0.2, 0.25) is 0 Å². The van der Waals surface area contributed by atoms with Crippen LogP contribution in [0.25, 0.3) is 0 Å². The van der Waals surface area contributed by atoms with Gasteiger partial charge in [0.1, 0.15) is 0 Å². The Morgan fingerprint density at radius 1 is 1.16 bits per heavy atom. The highest BCUT2D eigenvalue weighted by Gasteiger charge is 2.53. The molecule has 2 aliphatic heterocycles. The first-order valence-electron chi connectivity index (χ1n) is 7.85. The number of hydrogen-bond acceptors (Lipinski definition) is 4. The summed E-state index contributed by atoms with van der Waals surface area (Å²) in [4.78, 5) is 15.9. The third-order valence-corrected chi connectivity index (χ3v) is 7.30. The summed E-state index contributed by atoms with van der Waals surface area (Å²) in [6.45, 7) is 0.393. The van der Waals surface area contributed by atoms with Crippen molar-refractivity contribution >= 4 is 15.7 Å². The molecule has 5 nitrogen and oxygen atoms in total. The lowest BCUT2D eigenvalue weighted by molar-refractivity contribution is -0.137. The summed E-state index contributed by atoms with van der Waals surface area (Å²) in [5.74, 6) is -0.522. The number of benzene rings is 1. The third kappa shape index (κ3) is 3.27. The van der Waals surface area contributed by atoms with Gasteiger partial charge in [-0.3, -0.25) is 4.79 Å². The zero-order valence-electron chi connectivity index (χ0n) is 13.8. The van der Waals surface area contributed by atoms with Gasteiger partial charge in [-0.2, -0.15) is 13.2 Å². The highest BCUT2D eigenvalue weighted by atomic mass is 32.2. The molecule has 0 unspecified atom stereocenters. The summed E-state index contributed by atoms with van der Waals surface area (Å²) in [5, 5.41) is -0.599. The average molecular weight is 376 g/mol. The van der Waals surface area contributed by atoms with Gasteiger partial charge in [-0.25, -0.2) is 8.42 Å². The second-order valence-corrected chi connectivity index (χ2v) is 9.11. The van der Waals surface area contributed by atoms with E-state index in [1.807, 2.05) is 19.0 Å². The monoisotopic (exact) mass is 376 g/mol. The number of fused-ring (bicyclic) bond motifs is 1. The molecular formula is C16H19F3N2O3S. The maximum Gasteiger partial charge on any atom is 0.416 e. The maximum atomic E-state index is 12.6. The van der Waals surface area contributed by atoms with Crippen LogP contribution >= 0.6 is 0 Å². The van der Waals surface area contributed by atoms with E-state index in [-0.39, 0.29) is 29.8 Å². The zero-order chi connectivity index (χ0) is 18.6. The molecule has 1 aromatic carbocycles. The molecule has 138 valence electrons. The van der Waals surface area contributed by atoms with Crippen molar-refractivity contribution in [3.8, 4) is 0 Å². The predicted octanol–water partition coefficient (Wildman–Crippen LogP) is 1.50. The third-order valence-electron chi connectivity index (χ3n) is 5.08. The summed E-state index contributed by atoms with van der Waals surface area (Å²) < 4.78 is 62.5. The van der Waals surface area contributed by atoms with E-state index in [1.165, 1.54) is 4.90 Å². The van der Waals surface area contributed by atoms with Crippen molar-refractivity contribution in [2.75, 3.05) is 32.9 Å². The van der Waals surface area contributed by atoms with E-state index in [0.29, 0.717) is 6.54 Å². The molecular weight excluding hydrogens is 357 g/mol. The number of sulfone groups is 1. The summed E-state index contributed by atoms with van der Waals surface area (Å²) in [5.41, 5.74) is -0.690. The lowest BCUT2D eigenvalue weighted by Crippen LogP contribution is -2.38. The number of alkyl halides is 3. The van der Waals surface area contributed by atoms with Gasteiger partial charge in [-0.1, -0.05) is 0 Å². The first-order chi connectivity index (χ1) is 11.5. The van der Waals surface area contributed by atoms with Crippen molar-refractivity contribution in [1.29, 1.82) is 0 Å². The summed E-state index contributed by atoms with van der Waals surface area (Å²) in [7, 11) is 0.340. The lowest BCUT2D eigenvalue weighted by atomic mass is 10.00. The highest BCUT2D eigenvalue weighted by molar-refractivity contribution is 7.92. The number of carbonyl (C=O) groups excluding carboxylic acids is 1. The van der Waals surface area contributed by atoms with E-state index in [2.05, 4.69) is 0 Å². The second kappa shape index (κ2) is 5.98. The van der Waals surface area contributed by atoms with Gasteiger partial charge in [0.15, 0.2) is 9.84 Å². The number of halogens is 3. The minimum Gasteiger partial charge on any atom is -0.337 e. The smallest absolute Gasteiger partial charge is 0.337 e. The van der Waals surface area contributed by atoms with E-state index in [0.717, 1.165) is 24.3 Å². The fraction of sp³-hybridized carbons (Fsp3) is 0.562. The van der Waals surface area contributed by atoms with Crippen molar-refractivity contribution in [2.24, 2.45) is 5.92 Å². The largest absolute Gasteiger partial charge is 0.416 e. The van der Waals surface area contributed by atoms with Crippen LogP contribution in [0.5, 0.6) is 0 Å². The first-order valence-corrected chi connectivity index (χ1v) is 9.57. The number of carbonyl (C=O) groups is 1. The molecule has 2 fully saturated rings. The zero-order valence-corrected chi connectivity index (χ0v) is 14.6. The second-order valence-electron chi connectivity index (χ2n) is 6.85. The molecule has 3 rings (SSSR count). The first kappa shape index (κ1) is 18.2. The molecule has 0 aliphatic carbocycles. The Bertz CT molecular complexity index is 775. The van der Waals surface area contributed by atoms with Crippen molar-refractivity contribution in [3.63, 3.8) is 0 Å². The van der Waals surface area contributed by atoms with Gasteiger partial charge in [0, 0.05) is 30.6 Å². The van der Waals surface area contributed by atoms with E-state index >= 15 is 0 Å². The summed E-state index contributed by atoms with van der Waals surface area (Å²) in [6, 6.07) is 3.85. The van der Waals surface area contributed by atoms with E-state index in [4.69, 9.17) is 0 Å². The minimum atomic E-state index is -4.46. The lowest BCUT2D eigenvalue weighted by Gasteiger charge is -2.25.